The molecule has 9 heteroatoms. The van der Waals surface area contributed by atoms with Crippen molar-refractivity contribution >= 4 is 5.69 Å². The molecule has 0 amide bonds. The number of hydrogen-bond acceptors (Lipinski definition) is 6. The minimum atomic E-state index is -3.00. The van der Waals surface area contributed by atoms with Crippen molar-refractivity contribution in [1.29, 1.82) is 0 Å². The topological polar surface area (TPSA) is 80.8 Å². The number of non-ortho nitro benzene ring substituents is 1. The number of nitro groups is 1. The number of halogens is 2. The van der Waals surface area contributed by atoms with Crippen LogP contribution in [0.4, 0.5) is 14.5 Å². The Hall–Kier alpha value is -2.52. The van der Waals surface area contributed by atoms with E-state index >= 15 is 0 Å². The lowest BCUT2D eigenvalue weighted by atomic mass is 10.1. The molecule has 7 nitrogen and oxygen atoms in total. The summed E-state index contributed by atoms with van der Waals surface area (Å²) in [6.07, 6.45) is 1.57. The number of nitrogens with one attached hydrogen (secondary N) is 1. The zero-order valence-electron chi connectivity index (χ0n) is 13.8. The van der Waals surface area contributed by atoms with E-state index in [1.807, 2.05) is 25.1 Å². The molecule has 0 bridgehead atoms. The Morgan fingerprint density at radius 3 is 2.68 bits per heavy atom. The van der Waals surface area contributed by atoms with Crippen molar-refractivity contribution in [2.45, 2.75) is 19.2 Å². The number of alkyl halides is 2. The van der Waals surface area contributed by atoms with E-state index in [0.717, 1.165) is 11.8 Å². The average Bonchev–Trinajstić information content (AvgIpc) is 3.05. The standard InChI is InChI=1S/C16H19F2N3O4/c1-20(2)13(15-4-3-7-24-15)10-19-9-11-8-12(21(22)23)5-6-14(11)25-16(17)18/h3-8,13,16,19H,9-10H2,1-2H3. The summed E-state index contributed by atoms with van der Waals surface area (Å²) in [6.45, 7) is -2.41. The predicted molar refractivity (Wildman–Crippen MR) is 86.6 cm³/mol. The van der Waals surface area contributed by atoms with Gasteiger partial charge in [0.1, 0.15) is 11.5 Å². The summed E-state index contributed by atoms with van der Waals surface area (Å²) < 4.78 is 34.8. The fourth-order valence-electron chi connectivity index (χ4n) is 2.39. The van der Waals surface area contributed by atoms with Crippen molar-refractivity contribution in [1.82, 2.24) is 10.2 Å². The van der Waals surface area contributed by atoms with Crippen molar-refractivity contribution in [2.24, 2.45) is 0 Å². The van der Waals surface area contributed by atoms with E-state index in [9.17, 15) is 18.9 Å². The molecule has 0 fully saturated rings. The van der Waals surface area contributed by atoms with Gasteiger partial charge in [-0.1, -0.05) is 0 Å². The molecule has 0 spiro atoms. The van der Waals surface area contributed by atoms with Crippen LogP contribution >= 0.6 is 0 Å². The molecule has 1 atom stereocenters. The SMILES string of the molecule is CN(C)C(CNCc1cc([N+](=O)[O-])ccc1OC(F)F)c1ccco1. The van der Waals surface area contributed by atoms with Crippen molar-refractivity contribution in [3.8, 4) is 5.75 Å². The van der Waals surface area contributed by atoms with Crippen LogP contribution in [0.5, 0.6) is 5.75 Å². The molecule has 25 heavy (non-hydrogen) atoms. The lowest BCUT2D eigenvalue weighted by molar-refractivity contribution is -0.385. The average molecular weight is 355 g/mol. The maximum atomic E-state index is 12.5. The van der Waals surface area contributed by atoms with Gasteiger partial charge in [0, 0.05) is 30.8 Å². The minimum absolute atomic E-state index is 0.0758. The van der Waals surface area contributed by atoms with Crippen LogP contribution in [-0.2, 0) is 6.54 Å². The summed E-state index contributed by atoms with van der Waals surface area (Å²) >= 11 is 0. The number of nitro benzene ring substituents is 1. The first-order chi connectivity index (χ1) is 11.9. The van der Waals surface area contributed by atoms with Gasteiger partial charge in [-0.15, -0.1) is 0 Å². The van der Waals surface area contributed by atoms with Crippen molar-refractivity contribution in [2.75, 3.05) is 20.6 Å². The van der Waals surface area contributed by atoms with Crippen molar-refractivity contribution < 1.29 is 22.9 Å². The third-order valence-electron chi connectivity index (χ3n) is 3.62. The van der Waals surface area contributed by atoms with Crippen LogP contribution in [0.2, 0.25) is 0 Å². The molecule has 136 valence electrons. The molecule has 0 aliphatic rings. The Balaban J connectivity index is 2.09. The quantitative estimate of drug-likeness (QED) is 0.550. The molecule has 1 unspecified atom stereocenters. The number of nitrogens with zero attached hydrogens (tertiary/aromatic N) is 2. The molecule has 0 aliphatic heterocycles. The number of likely N-dealkylation sites (N-methyl/N-ethyl adjacent to an activating group) is 1. The summed E-state index contributed by atoms with van der Waals surface area (Å²) in [5.74, 6) is 0.660. The zero-order valence-corrected chi connectivity index (χ0v) is 13.8. The predicted octanol–water partition coefficient (Wildman–Crippen LogP) is 3.18. The number of ether oxygens (including phenoxy) is 1. The number of benzene rings is 1. The highest BCUT2D eigenvalue weighted by molar-refractivity contribution is 5.43. The normalized spacial score (nSPS) is 12.6. The lowest BCUT2D eigenvalue weighted by Crippen LogP contribution is -2.30. The van der Waals surface area contributed by atoms with Crippen LogP contribution in [0.25, 0.3) is 0 Å². The summed E-state index contributed by atoms with van der Waals surface area (Å²) in [5.41, 5.74) is 0.0973. The molecular formula is C16H19F2N3O4. The Morgan fingerprint density at radius 1 is 1.36 bits per heavy atom. The van der Waals surface area contributed by atoms with Gasteiger partial charge >= 0.3 is 6.61 Å². The van der Waals surface area contributed by atoms with Crippen LogP contribution in [0.3, 0.4) is 0 Å². The molecule has 2 rings (SSSR count). The highest BCUT2D eigenvalue weighted by atomic mass is 19.3. The highest BCUT2D eigenvalue weighted by Gasteiger charge is 2.18. The second-order valence-electron chi connectivity index (χ2n) is 5.55. The molecule has 0 saturated heterocycles. The second-order valence-corrected chi connectivity index (χ2v) is 5.55. The Kier molecular flexibility index (Phi) is 6.43. The van der Waals surface area contributed by atoms with E-state index in [2.05, 4.69) is 10.1 Å². The van der Waals surface area contributed by atoms with Crippen LogP contribution < -0.4 is 10.1 Å². The number of rotatable bonds is 9. The monoisotopic (exact) mass is 355 g/mol. The largest absolute Gasteiger partial charge is 0.468 e. The first-order valence-corrected chi connectivity index (χ1v) is 7.51. The maximum Gasteiger partial charge on any atom is 0.387 e. The third kappa shape index (κ3) is 5.23. The van der Waals surface area contributed by atoms with E-state index in [1.165, 1.54) is 12.1 Å². The summed E-state index contributed by atoms with van der Waals surface area (Å²) in [7, 11) is 3.77. The minimum Gasteiger partial charge on any atom is -0.468 e. The first-order valence-electron chi connectivity index (χ1n) is 7.51. The van der Waals surface area contributed by atoms with Gasteiger partial charge in [-0.25, -0.2) is 0 Å². The van der Waals surface area contributed by atoms with E-state index in [0.29, 0.717) is 6.54 Å². The van der Waals surface area contributed by atoms with E-state index in [4.69, 9.17) is 4.42 Å². The molecule has 0 radical (unpaired) electrons. The molecule has 0 saturated carbocycles. The van der Waals surface area contributed by atoms with Crippen LogP contribution in [0.1, 0.15) is 17.4 Å². The van der Waals surface area contributed by atoms with Gasteiger partial charge in [-0.05, 0) is 32.3 Å². The van der Waals surface area contributed by atoms with Crippen LogP contribution in [0, 0.1) is 10.1 Å². The second kappa shape index (κ2) is 8.54. The molecule has 0 aliphatic carbocycles. The van der Waals surface area contributed by atoms with Gasteiger partial charge in [0.15, 0.2) is 0 Å². The van der Waals surface area contributed by atoms with E-state index in [1.54, 1.807) is 12.3 Å². The smallest absolute Gasteiger partial charge is 0.387 e. The van der Waals surface area contributed by atoms with Gasteiger partial charge in [0.25, 0.3) is 5.69 Å². The Labute approximate surface area is 143 Å². The summed E-state index contributed by atoms with van der Waals surface area (Å²) in [5, 5.41) is 14.0. The van der Waals surface area contributed by atoms with Gasteiger partial charge in [-0.2, -0.15) is 8.78 Å². The van der Waals surface area contributed by atoms with Crippen LogP contribution in [-0.4, -0.2) is 37.1 Å². The zero-order chi connectivity index (χ0) is 18.4. The molecule has 1 N–H and O–H groups in total. The fourth-order valence-corrected chi connectivity index (χ4v) is 2.39. The molecule has 1 aromatic carbocycles. The Morgan fingerprint density at radius 2 is 2.12 bits per heavy atom. The first kappa shape index (κ1) is 18.8. The molecule has 1 heterocycles. The fraction of sp³-hybridized carbons (Fsp3) is 0.375. The van der Waals surface area contributed by atoms with Crippen LogP contribution in [0.15, 0.2) is 41.0 Å². The highest BCUT2D eigenvalue weighted by Crippen LogP contribution is 2.26. The van der Waals surface area contributed by atoms with Crippen molar-refractivity contribution in [3.05, 3.63) is 58.0 Å². The molecule has 1 aromatic heterocycles. The molecule has 2 aromatic rings. The lowest BCUT2D eigenvalue weighted by Gasteiger charge is -2.23. The third-order valence-corrected chi connectivity index (χ3v) is 3.62. The molecular weight excluding hydrogens is 336 g/mol. The van der Waals surface area contributed by atoms with Gasteiger partial charge in [0.05, 0.1) is 17.2 Å². The summed E-state index contributed by atoms with van der Waals surface area (Å²) in [4.78, 5) is 12.2. The van der Waals surface area contributed by atoms with Gasteiger partial charge < -0.3 is 14.5 Å². The number of hydrogen-bond donors (Lipinski definition) is 1. The van der Waals surface area contributed by atoms with E-state index in [-0.39, 0.29) is 29.6 Å². The van der Waals surface area contributed by atoms with E-state index < -0.39 is 11.5 Å². The Bertz CT molecular complexity index is 693. The number of furan rings is 1. The maximum absolute atomic E-state index is 12.5. The van der Waals surface area contributed by atoms with Gasteiger partial charge in [-0.3, -0.25) is 15.0 Å². The van der Waals surface area contributed by atoms with Gasteiger partial charge in [0.2, 0.25) is 0 Å². The van der Waals surface area contributed by atoms with Crippen molar-refractivity contribution in [3.63, 3.8) is 0 Å². The summed E-state index contributed by atoms with van der Waals surface area (Å²) in [6, 6.07) is 7.08.